The van der Waals surface area contributed by atoms with E-state index in [1.165, 1.54) is 56.9 Å². The fourth-order valence-corrected chi connectivity index (χ4v) is 21.0. The second-order valence-corrected chi connectivity index (χ2v) is 36.9. The van der Waals surface area contributed by atoms with Gasteiger partial charge in [0.2, 0.25) is 0 Å². The number of benzene rings is 8. The molecule has 22 rings (SSSR count). The van der Waals surface area contributed by atoms with Crippen LogP contribution in [0.5, 0.6) is 40.2 Å². The van der Waals surface area contributed by atoms with Gasteiger partial charge in [0.1, 0.15) is 74.5 Å². The Kier molecular flexibility index (Phi) is 22.9. The summed E-state index contributed by atoms with van der Waals surface area (Å²) in [5.41, 5.74) is 19.0. The maximum atomic E-state index is 13.8. The number of aromatic nitrogens is 7. The molecule has 4 fully saturated rings. The summed E-state index contributed by atoms with van der Waals surface area (Å²) in [6.45, 7) is 18.3. The highest BCUT2D eigenvalue weighted by atomic mass is 32.1. The Balaban J connectivity index is 0.000000125. The third kappa shape index (κ3) is 16.7. The molecule has 24 nitrogen and oxygen atoms in total. The van der Waals surface area contributed by atoms with Crippen LogP contribution in [-0.4, -0.2) is 160 Å². The van der Waals surface area contributed by atoms with Gasteiger partial charge in [-0.15, -0.1) is 13.2 Å². The van der Waals surface area contributed by atoms with E-state index in [2.05, 4.69) is 56.1 Å². The number of carbonyl (C=O) groups excluding carboxylic acids is 4. The minimum Gasteiger partial charge on any atom is -0.491 e. The van der Waals surface area contributed by atoms with Crippen molar-refractivity contribution in [1.29, 1.82) is 0 Å². The topological polar surface area (TPSA) is 253 Å². The lowest BCUT2D eigenvalue weighted by atomic mass is 9.76. The summed E-state index contributed by atoms with van der Waals surface area (Å²) in [4.78, 5) is 72.2. The number of para-hydroxylation sites is 4. The number of fused-ring (bicyclic) bond motifs is 18. The molecule has 1 atom stereocenters. The number of ether oxygens (including phenoxy) is 7. The van der Waals surface area contributed by atoms with Crippen molar-refractivity contribution in [3.63, 3.8) is 0 Å². The van der Waals surface area contributed by atoms with Crippen molar-refractivity contribution >= 4 is 67.4 Å². The van der Waals surface area contributed by atoms with Crippen molar-refractivity contribution in [2.45, 2.75) is 153 Å². The first-order valence-electron chi connectivity index (χ1n) is 44.7. The van der Waals surface area contributed by atoms with Crippen molar-refractivity contribution in [2.24, 2.45) is 19.1 Å². The second kappa shape index (κ2) is 34.4. The first kappa shape index (κ1) is 88.4. The Morgan fingerprint density at radius 2 is 1.00 bits per heavy atom. The number of H-pyrrole nitrogens is 1. The number of allylic oxidation sites excluding steroid dienone is 1. The van der Waals surface area contributed by atoms with Crippen molar-refractivity contribution in [3.8, 4) is 68.4 Å². The van der Waals surface area contributed by atoms with Crippen LogP contribution >= 0.6 is 11.3 Å². The second-order valence-electron chi connectivity index (χ2n) is 35.8. The Morgan fingerprint density at radius 3 is 1.53 bits per heavy atom. The van der Waals surface area contributed by atoms with Crippen LogP contribution in [0.15, 0.2) is 211 Å². The number of alkyl halides is 6. The number of thiazole rings is 1. The van der Waals surface area contributed by atoms with Crippen LogP contribution in [0.3, 0.4) is 0 Å². The van der Waals surface area contributed by atoms with Crippen LogP contribution < -0.4 is 38.9 Å². The molecular formula is C102H103F6N13O11S. The van der Waals surface area contributed by atoms with Crippen molar-refractivity contribution in [3.05, 3.63) is 273 Å². The number of piperidine rings is 4. The van der Waals surface area contributed by atoms with E-state index in [1.54, 1.807) is 58.3 Å². The van der Waals surface area contributed by atoms with Gasteiger partial charge in [-0.05, 0) is 205 Å². The number of aromatic amines is 1. The van der Waals surface area contributed by atoms with Gasteiger partial charge in [0.25, 0.3) is 23.6 Å². The van der Waals surface area contributed by atoms with E-state index in [0.717, 1.165) is 115 Å². The number of halogens is 6. The van der Waals surface area contributed by atoms with Crippen LogP contribution in [0.2, 0.25) is 0 Å². The quantitative estimate of drug-likeness (QED) is 0.127. The molecule has 0 saturated carbocycles. The first-order chi connectivity index (χ1) is 63.7. The molecule has 31 heteroatoms. The van der Waals surface area contributed by atoms with Gasteiger partial charge >= 0.3 is 12.5 Å². The number of nitrogens with one attached hydrogen (secondary N) is 1. The molecule has 5 aromatic heterocycles. The molecule has 133 heavy (non-hydrogen) atoms. The lowest BCUT2D eigenvalue weighted by Crippen LogP contribution is -2.52. The zero-order valence-corrected chi connectivity index (χ0v) is 75.7. The van der Waals surface area contributed by atoms with Crippen molar-refractivity contribution < 1.29 is 81.5 Å². The number of rotatable bonds is 9. The summed E-state index contributed by atoms with van der Waals surface area (Å²) in [6, 6.07) is 53.8. The molecule has 9 aliphatic heterocycles. The number of likely N-dealkylation sites (tertiary alicyclic amines) is 4. The predicted octanol–water partition coefficient (Wildman–Crippen LogP) is 20.6. The monoisotopic (exact) mass is 1830 g/mol. The van der Waals surface area contributed by atoms with Gasteiger partial charge in [-0.3, -0.25) is 33.5 Å². The Hall–Kier alpha value is -13.8. The van der Waals surface area contributed by atoms with Crippen LogP contribution in [0.25, 0.3) is 49.3 Å². The number of hydrogen-bond acceptors (Lipinski definition) is 17. The van der Waals surface area contributed by atoms with Crippen LogP contribution in [-0.2, 0) is 37.1 Å². The summed E-state index contributed by atoms with van der Waals surface area (Å²) >= 11 is 1.32. The molecule has 0 radical (unpaired) electrons. The Morgan fingerprint density at radius 1 is 0.519 bits per heavy atom. The molecule has 4 saturated heterocycles. The van der Waals surface area contributed by atoms with Gasteiger partial charge in [-0.2, -0.15) is 23.4 Å². The van der Waals surface area contributed by atoms with E-state index >= 15 is 0 Å². The maximum Gasteiger partial charge on any atom is 0.573 e. The van der Waals surface area contributed by atoms with Gasteiger partial charge < -0.3 is 68.0 Å². The summed E-state index contributed by atoms with van der Waals surface area (Å²) in [6.07, 6.45) is 3.70. The number of amides is 4. The summed E-state index contributed by atoms with van der Waals surface area (Å²) in [7, 11) is 3.89. The molecule has 1 unspecified atom stereocenters. The number of nitrogens with two attached hydrogens (primary N) is 1. The van der Waals surface area contributed by atoms with Gasteiger partial charge in [-0.25, -0.2) is 4.98 Å². The first-order valence-corrected chi connectivity index (χ1v) is 45.5. The molecule has 4 spiro atoms. The van der Waals surface area contributed by atoms with E-state index in [9.17, 15) is 45.5 Å². The molecule has 0 bridgehead atoms. The summed E-state index contributed by atoms with van der Waals surface area (Å²) in [5.74, 6) is 4.14. The van der Waals surface area contributed by atoms with E-state index < -0.39 is 35.0 Å². The fraction of sp³-hybridized carbons (Fsp3) is 0.333. The zero-order valence-electron chi connectivity index (χ0n) is 74.8. The average molecular weight is 1830 g/mol. The average Bonchev–Trinajstić information content (AvgIpc) is 1.70. The number of carbonyl (C=O) groups is 4. The van der Waals surface area contributed by atoms with Crippen LogP contribution in [0.4, 0.5) is 31.5 Å². The molecule has 0 aliphatic carbocycles. The minimum atomic E-state index is -4.78. The third-order valence-electron chi connectivity index (χ3n) is 26.7. The zero-order chi connectivity index (χ0) is 93.0. The van der Waals surface area contributed by atoms with Gasteiger partial charge in [0, 0.05) is 188 Å². The highest BCUT2D eigenvalue weighted by Gasteiger charge is 2.53. The Bertz CT molecular complexity index is 6800. The molecule has 3 N–H and O–H groups in total. The van der Waals surface area contributed by atoms with E-state index in [4.69, 9.17) is 39.1 Å². The lowest BCUT2D eigenvalue weighted by molar-refractivity contribution is -0.274. The van der Waals surface area contributed by atoms with Crippen LogP contribution in [0.1, 0.15) is 174 Å². The maximum absolute atomic E-state index is 13.8. The normalized spacial score (nSPS) is 17.6. The largest absolute Gasteiger partial charge is 0.573 e. The number of aryl methyl sites for hydroxylation is 5. The van der Waals surface area contributed by atoms with E-state index in [-0.39, 0.29) is 56.1 Å². The third-order valence-corrected chi connectivity index (χ3v) is 27.5. The van der Waals surface area contributed by atoms with Gasteiger partial charge in [-0.1, -0.05) is 59.9 Å². The van der Waals surface area contributed by atoms with Gasteiger partial charge in [0.05, 0.1) is 57.6 Å². The molecule has 8 aromatic carbocycles. The summed E-state index contributed by atoms with van der Waals surface area (Å²) in [5, 5.41) is 9.91. The standard InChI is InChI=1S/C27H30N2O3.C26H29N3O3.C25H21F3N4O3.C24H19F3N4O2S.2H2/c1-17(2)31-22-9-8-20(16-19(22)4)26(30)29-14-11-27(12-15-29)21-10-13-28-25(21)24-18(3)6-5-7-23(24)32-27;1-17(2)31-22-10-9-19(15-18(22)3)25(30)29-13-11-26(12-14-29)21-16-27-28(4)24(21)20-7-5-6-8-23(20)32-26;1-31-22-17-4-2-3-5-21(17)35-24(18(22)14-29-31)8-10-32(11-9-24)23(33)20-13-15-12-16(34-25(26,27)28)6-7-19(15)30-20;25-24(26,27)20-8-7-19-23(33-17-4-2-1-3-16(17)31(19)20)9-11-30(12-10-23)21(32)14-5-6-15-18(13-14)34-22(28)29-15;;/h5-10,13,16-17,25H,11-12,14-15H2,1-4H3;5-10,15-17H,11-14H2,1-4H3;2-7,12-14,30H,8-11H2,1H3;1-8,13H,9-12H2,(H2,28,29);2*1H. The number of aliphatic imine (C=N–C) groups is 1. The molecule has 4 amide bonds. The highest BCUT2D eigenvalue weighted by molar-refractivity contribution is 7.22. The van der Waals surface area contributed by atoms with Crippen molar-refractivity contribution in [1.82, 2.24) is 53.7 Å². The Labute approximate surface area is 770 Å². The molecule has 13 aromatic rings. The van der Waals surface area contributed by atoms with E-state index in [0.29, 0.717) is 134 Å². The minimum absolute atomic E-state index is 0. The highest BCUT2D eigenvalue weighted by Crippen LogP contribution is 2.56. The van der Waals surface area contributed by atoms with Crippen LogP contribution in [0, 0.1) is 20.8 Å². The number of hydrogen-bond donors (Lipinski definition) is 2. The predicted molar refractivity (Wildman–Crippen MR) is 497 cm³/mol. The molecule has 14 heterocycles. The number of anilines is 1. The lowest BCUT2D eigenvalue weighted by Gasteiger charge is -2.47. The molecule has 9 aliphatic rings. The summed E-state index contributed by atoms with van der Waals surface area (Å²) < 4.78 is 127. The van der Waals surface area contributed by atoms with Crippen molar-refractivity contribution in [2.75, 3.05) is 58.1 Å². The van der Waals surface area contributed by atoms with Gasteiger partial charge in [0.15, 0.2) is 10.7 Å². The SMILES string of the molecule is Cc1cc(C(=O)N2CCC3(CC2)Oc2cccc(C)c2C2N=CC=C23)ccc1OC(C)C.Cc1cc(C(=O)N2CCC3(CC2)Oc2ccccc2-c2c3cnn2C)ccc1OC(C)C.Cn1ncc2c1-c1ccccc1OC21CCN(C(=O)c2cc3cc(OC(F)(F)F)ccc3[nH]2)CC1.Nc1nc2ccc(C(=O)N3CCC4(CC3)Oc3ccccc3-n3c(C(F)(F)F)ccc34)cc2s1.[HH].[HH]. The molecule has 690 valence electrons. The smallest absolute Gasteiger partial charge is 0.491 e. The number of nitrogens with zero attached hydrogens (tertiary/aromatic N) is 11. The fourth-order valence-electron chi connectivity index (χ4n) is 20.2. The van der Waals surface area contributed by atoms with E-state index in [1.807, 2.05) is 178 Å². The molecular weight excluding hydrogens is 1730 g/mol. The number of nitrogen functional groups attached to an aromatic ring is 1.